The standard InChI is InChI=1S/C14H15F3N6O.2ClH/c15-14(16,17)9-3-4-12(19-6-9)23-8-11(21-22-23)13(24)20-7-10-2-1-5-18-10;;/h3-4,6,8,10,18H,1-2,5,7H2,(H,20,24);2*1H. The van der Waals surface area contributed by atoms with E-state index in [9.17, 15) is 18.0 Å². The largest absolute Gasteiger partial charge is 0.417 e. The molecule has 1 amide bonds. The fraction of sp³-hybridized carbons (Fsp3) is 0.429. The van der Waals surface area contributed by atoms with E-state index in [0.717, 1.165) is 30.1 Å². The van der Waals surface area contributed by atoms with Crippen LogP contribution < -0.4 is 10.6 Å². The number of carbonyl (C=O) groups excluding carboxylic acids is 1. The van der Waals surface area contributed by atoms with Crippen molar-refractivity contribution in [3.05, 3.63) is 35.8 Å². The van der Waals surface area contributed by atoms with Crippen molar-refractivity contribution in [2.45, 2.75) is 25.1 Å². The lowest BCUT2D eigenvalue weighted by molar-refractivity contribution is -0.137. The first-order chi connectivity index (χ1) is 11.4. The number of rotatable bonds is 4. The van der Waals surface area contributed by atoms with Crippen molar-refractivity contribution in [1.82, 2.24) is 30.6 Å². The molecule has 3 rings (SSSR count). The predicted octanol–water partition coefficient (Wildman–Crippen LogP) is 2.01. The average molecular weight is 413 g/mol. The Morgan fingerprint density at radius 1 is 1.35 bits per heavy atom. The Labute approximate surface area is 159 Å². The van der Waals surface area contributed by atoms with Crippen LogP contribution in [0.5, 0.6) is 0 Å². The highest BCUT2D eigenvalue weighted by Gasteiger charge is 2.30. The van der Waals surface area contributed by atoms with Gasteiger partial charge in [-0.3, -0.25) is 4.79 Å². The number of nitrogens with zero attached hydrogens (tertiary/aromatic N) is 4. The van der Waals surface area contributed by atoms with Gasteiger partial charge in [0.25, 0.3) is 5.91 Å². The zero-order valence-electron chi connectivity index (χ0n) is 13.4. The molecule has 0 aliphatic carbocycles. The van der Waals surface area contributed by atoms with Gasteiger partial charge in [0, 0.05) is 18.8 Å². The zero-order valence-corrected chi connectivity index (χ0v) is 15.0. The van der Waals surface area contributed by atoms with Gasteiger partial charge in [-0.05, 0) is 31.5 Å². The number of hydrogen-bond acceptors (Lipinski definition) is 5. The molecule has 1 atom stereocenters. The third kappa shape index (κ3) is 5.29. The molecule has 7 nitrogen and oxygen atoms in total. The summed E-state index contributed by atoms with van der Waals surface area (Å²) in [6, 6.07) is 2.32. The van der Waals surface area contributed by atoms with E-state index in [1.807, 2.05) is 0 Å². The molecule has 2 N–H and O–H groups in total. The normalized spacial score (nSPS) is 16.5. The molecule has 3 heterocycles. The van der Waals surface area contributed by atoms with E-state index in [1.165, 1.54) is 12.3 Å². The van der Waals surface area contributed by atoms with Crippen LogP contribution in [-0.4, -0.2) is 45.0 Å². The summed E-state index contributed by atoms with van der Waals surface area (Å²) in [5, 5.41) is 13.5. The third-order valence-corrected chi connectivity index (χ3v) is 3.71. The van der Waals surface area contributed by atoms with Crippen LogP contribution >= 0.6 is 24.8 Å². The fourth-order valence-electron chi connectivity index (χ4n) is 2.41. The Morgan fingerprint density at radius 2 is 2.12 bits per heavy atom. The maximum Gasteiger partial charge on any atom is 0.417 e. The van der Waals surface area contributed by atoms with Crippen LogP contribution in [0.3, 0.4) is 0 Å². The number of nitrogens with one attached hydrogen (secondary N) is 2. The lowest BCUT2D eigenvalue weighted by Crippen LogP contribution is -2.37. The number of hydrogen-bond donors (Lipinski definition) is 2. The van der Waals surface area contributed by atoms with Crippen molar-refractivity contribution in [1.29, 1.82) is 0 Å². The summed E-state index contributed by atoms with van der Waals surface area (Å²) >= 11 is 0. The van der Waals surface area contributed by atoms with E-state index < -0.39 is 11.7 Å². The molecule has 1 fully saturated rings. The van der Waals surface area contributed by atoms with Crippen molar-refractivity contribution in [3.8, 4) is 5.82 Å². The van der Waals surface area contributed by atoms with Gasteiger partial charge in [0.15, 0.2) is 11.5 Å². The summed E-state index contributed by atoms with van der Waals surface area (Å²) < 4.78 is 38.7. The van der Waals surface area contributed by atoms with Crippen molar-refractivity contribution in [2.24, 2.45) is 0 Å². The summed E-state index contributed by atoms with van der Waals surface area (Å²) in [7, 11) is 0. The molecule has 2 aromatic heterocycles. The van der Waals surface area contributed by atoms with Gasteiger partial charge < -0.3 is 10.6 Å². The molecule has 1 unspecified atom stereocenters. The number of alkyl halides is 3. The first-order valence-electron chi connectivity index (χ1n) is 7.41. The Balaban J connectivity index is 0.00000169. The minimum Gasteiger partial charge on any atom is -0.349 e. The van der Waals surface area contributed by atoms with Gasteiger partial charge in [0.2, 0.25) is 0 Å². The summed E-state index contributed by atoms with van der Waals surface area (Å²) in [5.41, 5.74) is -0.775. The smallest absolute Gasteiger partial charge is 0.349 e. The molecule has 0 saturated carbocycles. The number of aromatic nitrogens is 4. The first-order valence-corrected chi connectivity index (χ1v) is 7.41. The second kappa shape index (κ2) is 9.15. The summed E-state index contributed by atoms with van der Waals surface area (Å²) in [6.45, 7) is 1.43. The summed E-state index contributed by atoms with van der Waals surface area (Å²) in [5.74, 6) is -0.242. The third-order valence-electron chi connectivity index (χ3n) is 3.71. The molecule has 1 saturated heterocycles. The van der Waals surface area contributed by atoms with Gasteiger partial charge >= 0.3 is 6.18 Å². The molecule has 1 aliphatic rings. The first kappa shape index (κ1) is 22.1. The van der Waals surface area contributed by atoms with Crippen molar-refractivity contribution < 1.29 is 18.0 Å². The van der Waals surface area contributed by atoms with E-state index >= 15 is 0 Å². The minimum absolute atomic E-state index is 0. The van der Waals surface area contributed by atoms with E-state index in [-0.39, 0.29) is 48.3 Å². The lowest BCUT2D eigenvalue weighted by Gasteiger charge is -2.09. The van der Waals surface area contributed by atoms with Crippen LogP contribution in [0, 0.1) is 0 Å². The second-order valence-corrected chi connectivity index (χ2v) is 5.45. The molecular weight excluding hydrogens is 396 g/mol. The highest BCUT2D eigenvalue weighted by Crippen LogP contribution is 2.28. The molecule has 12 heteroatoms. The molecule has 0 bridgehead atoms. The average Bonchev–Trinajstić information content (AvgIpc) is 3.23. The minimum atomic E-state index is -4.45. The summed E-state index contributed by atoms with van der Waals surface area (Å²) in [4.78, 5) is 15.7. The van der Waals surface area contributed by atoms with Crippen LogP contribution in [0.1, 0.15) is 28.9 Å². The quantitative estimate of drug-likeness (QED) is 0.801. The van der Waals surface area contributed by atoms with E-state index in [0.29, 0.717) is 12.7 Å². The molecule has 0 spiro atoms. The van der Waals surface area contributed by atoms with Gasteiger partial charge in [0.1, 0.15) is 0 Å². The number of carbonyl (C=O) groups is 1. The summed E-state index contributed by atoms with van der Waals surface area (Å²) in [6.07, 6.45) is -0.332. The Kier molecular flexibility index (Phi) is 7.79. The molecule has 26 heavy (non-hydrogen) atoms. The number of amides is 1. The number of pyridine rings is 1. The molecule has 1 aliphatic heterocycles. The predicted molar refractivity (Wildman–Crippen MR) is 92.0 cm³/mol. The molecule has 144 valence electrons. The van der Waals surface area contributed by atoms with Crippen molar-refractivity contribution in [2.75, 3.05) is 13.1 Å². The molecule has 2 aromatic rings. The maximum atomic E-state index is 12.5. The second-order valence-electron chi connectivity index (χ2n) is 5.45. The maximum absolute atomic E-state index is 12.5. The monoisotopic (exact) mass is 412 g/mol. The molecule has 0 radical (unpaired) electrons. The van der Waals surface area contributed by atoms with Crippen LogP contribution in [0.2, 0.25) is 0 Å². The Hall–Kier alpha value is -1.91. The van der Waals surface area contributed by atoms with Crippen molar-refractivity contribution in [3.63, 3.8) is 0 Å². The SMILES string of the molecule is Cl.Cl.O=C(NCC1CCCN1)c1cn(-c2ccc(C(F)(F)F)cn2)nn1. The van der Waals surface area contributed by atoms with Gasteiger partial charge in [-0.15, -0.1) is 29.9 Å². The van der Waals surface area contributed by atoms with Crippen LogP contribution in [0.15, 0.2) is 24.5 Å². The van der Waals surface area contributed by atoms with Crippen LogP contribution in [0.25, 0.3) is 5.82 Å². The highest BCUT2D eigenvalue weighted by atomic mass is 35.5. The topological polar surface area (TPSA) is 84.7 Å². The van der Waals surface area contributed by atoms with E-state index in [2.05, 4.69) is 25.9 Å². The Morgan fingerprint density at radius 3 is 2.69 bits per heavy atom. The highest BCUT2D eigenvalue weighted by molar-refractivity contribution is 5.91. The van der Waals surface area contributed by atoms with Crippen LogP contribution in [-0.2, 0) is 6.18 Å². The van der Waals surface area contributed by atoms with E-state index in [1.54, 1.807) is 0 Å². The van der Waals surface area contributed by atoms with Crippen molar-refractivity contribution >= 4 is 30.7 Å². The number of halogens is 5. The lowest BCUT2D eigenvalue weighted by atomic mass is 10.2. The molecule has 0 aromatic carbocycles. The van der Waals surface area contributed by atoms with Gasteiger partial charge in [0.05, 0.1) is 11.8 Å². The fourth-order valence-corrected chi connectivity index (χ4v) is 2.41. The Bertz CT molecular complexity index is 716. The van der Waals surface area contributed by atoms with Crippen LogP contribution in [0.4, 0.5) is 13.2 Å². The van der Waals surface area contributed by atoms with Gasteiger partial charge in [-0.1, -0.05) is 5.21 Å². The zero-order chi connectivity index (χ0) is 17.2. The van der Waals surface area contributed by atoms with E-state index in [4.69, 9.17) is 0 Å². The van der Waals surface area contributed by atoms with Gasteiger partial charge in [-0.2, -0.15) is 13.2 Å². The van der Waals surface area contributed by atoms with Gasteiger partial charge in [-0.25, -0.2) is 9.67 Å². The molecular formula is C14H17Cl2F3N6O.